The molecule has 1 aromatic heterocycles. The third-order valence-corrected chi connectivity index (χ3v) is 2.43. The molecule has 0 saturated carbocycles. The summed E-state index contributed by atoms with van der Waals surface area (Å²) in [6.45, 7) is 0.741. The normalized spacial score (nSPS) is 16.3. The highest BCUT2D eigenvalue weighted by Gasteiger charge is 2.08. The fourth-order valence-electron chi connectivity index (χ4n) is 1.77. The number of aromatic nitrogens is 2. The highest BCUT2D eigenvalue weighted by molar-refractivity contribution is 5.02. The summed E-state index contributed by atoms with van der Waals surface area (Å²) in [6, 6.07) is 1.53. The monoisotopic (exact) mass is 180 g/mol. The maximum absolute atomic E-state index is 11.3. The summed E-state index contributed by atoms with van der Waals surface area (Å²) < 4.78 is 1.67. The molecule has 0 atom stereocenters. The summed E-state index contributed by atoms with van der Waals surface area (Å²) in [5, 5.41) is 0. The minimum absolute atomic E-state index is 0.260. The third-order valence-electron chi connectivity index (χ3n) is 2.43. The van der Waals surface area contributed by atoms with E-state index < -0.39 is 0 Å². The van der Waals surface area contributed by atoms with Crippen LogP contribution in [-0.4, -0.2) is 9.55 Å². The molecule has 1 aliphatic heterocycles. The molecule has 1 aliphatic rings. The number of rotatable bonds is 0. The molecule has 4 heteroatoms. The summed E-state index contributed by atoms with van der Waals surface area (Å²) in [4.78, 5) is 24.6. The molecule has 0 fully saturated rings. The van der Waals surface area contributed by atoms with E-state index in [-0.39, 0.29) is 11.2 Å². The smallest absolute Gasteiger partial charge is 0.298 e. The van der Waals surface area contributed by atoms with Crippen LogP contribution in [0.3, 0.4) is 0 Å². The topological polar surface area (TPSA) is 54.9 Å². The quantitative estimate of drug-likeness (QED) is 0.622. The van der Waals surface area contributed by atoms with Gasteiger partial charge in [-0.1, -0.05) is 6.42 Å². The van der Waals surface area contributed by atoms with Gasteiger partial charge in [0, 0.05) is 18.3 Å². The first-order valence-electron chi connectivity index (χ1n) is 4.60. The Morgan fingerprint density at radius 2 is 2.08 bits per heavy atom. The van der Waals surface area contributed by atoms with Crippen molar-refractivity contribution in [3.63, 3.8) is 0 Å². The molecule has 1 N–H and O–H groups in total. The zero-order valence-electron chi connectivity index (χ0n) is 7.38. The van der Waals surface area contributed by atoms with Gasteiger partial charge in [0.15, 0.2) is 0 Å². The summed E-state index contributed by atoms with van der Waals surface area (Å²) in [7, 11) is 0. The number of hydrogen-bond acceptors (Lipinski definition) is 2. The Balaban J connectivity index is 2.60. The Kier molecular flexibility index (Phi) is 2.04. The Hall–Kier alpha value is -1.32. The van der Waals surface area contributed by atoms with Gasteiger partial charge < -0.3 is 0 Å². The van der Waals surface area contributed by atoms with Crippen molar-refractivity contribution < 1.29 is 0 Å². The molecule has 70 valence electrons. The van der Waals surface area contributed by atoms with Crippen LogP contribution in [0.2, 0.25) is 0 Å². The van der Waals surface area contributed by atoms with Crippen molar-refractivity contribution in [2.24, 2.45) is 0 Å². The highest BCUT2D eigenvalue weighted by Crippen LogP contribution is 2.09. The highest BCUT2D eigenvalue weighted by atomic mass is 16.2. The summed E-state index contributed by atoms with van der Waals surface area (Å²) in [6.07, 6.45) is 4.08. The fourth-order valence-corrected chi connectivity index (χ4v) is 1.77. The zero-order valence-corrected chi connectivity index (χ0v) is 7.38. The number of nitrogens with one attached hydrogen (secondary N) is 1. The maximum Gasteiger partial charge on any atom is 0.328 e. The number of aryl methyl sites for hydroxylation is 1. The molecule has 0 amide bonds. The van der Waals surface area contributed by atoms with Gasteiger partial charge in [-0.2, -0.15) is 0 Å². The minimum Gasteiger partial charge on any atom is -0.298 e. The summed E-state index contributed by atoms with van der Waals surface area (Å²) in [5.74, 6) is 0. The van der Waals surface area contributed by atoms with Crippen molar-refractivity contribution in [3.8, 4) is 0 Å². The molecule has 0 unspecified atom stereocenters. The average molecular weight is 180 g/mol. The molecular weight excluding hydrogens is 168 g/mol. The van der Waals surface area contributed by atoms with E-state index in [0.717, 1.165) is 37.9 Å². The Bertz CT molecular complexity index is 416. The largest absolute Gasteiger partial charge is 0.328 e. The van der Waals surface area contributed by atoms with E-state index in [0.29, 0.717) is 0 Å². The summed E-state index contributed by atoms with van der Waals surface area (Å²) in [5.41, 5.74) is 0.341. The van der Waals surface area contributed by atoms with Crippen LogP contribution in [-0.2, 0) is 13.0 Å². The number of fused-ring (bicyclic) bond motifs is 1. The molecule has 0 spiro atoms. The molecule has 2 rings (SSSR count). The molecule has 4 nitrogen and oxygen atoms in total. The van der Waals surface area contributed by atoms with E-state index in [2.05, 4.69) is 4.98 Å². The molecule has 0 bridgehead atoms. The van der Waals surface area contributed by atoms with Crippen molar-refractivity contribution in [3.05, 3.63) is 32.6 Å². The van der Waals surface area contributed by atoms with Crippen LogP contribution in [0.1, 0.15) is 25.0 Å². The second kappa shape index (κ2) is 3.20. The maximum atomic E-state index is 11.3. The van der Waals surface area contributed by atoms with Gasteiger partial charge in [-0.25, -0.2) is 4.79 Å². The van der Waals surface area contributed by atoms with Crippen molar-refractivity contribution in [2.45, 2.75) is 32.2 Å². The zero-order chi connectivity index (χ0) is 9.26. The van der Waals surface area contributed by atoms with Gasteiger partial charge in [0.1, 0.15) is 0 Å². The molecule has 1 aromatic rings. The van der Waals surface area contributed by atoms with Crippen LogP contribution in [0.25, 0.3) is 0 Å². The van der Waals surface area contributed by atoms with E-state index >= 15 is 0 Å². The molecule has 2 heterocycles. The van der Waals surface area contributed by atoms with Crippen LogP contribution in [0, 0.1) is 0 Å². The number of hydrogen-bond donors (Lipinski definition) is 1. The van der Waals surface area contributed by atoms with Crippen molar-refractivity contribution in [1.82, 2.24) is 9.55 Å². The van der Waals surface area contributed by atoms with Gasteiger partial charge in [0.2, 0.25) is 0 Å². The average Bonchev–Trinajstić information content (AvgIpc) is 2.28. The Morgan fingerprint density at radius 1 is 1.23 bits per heavy atom. The predicted octanol–water partition coefficient (Wildman–Crippen LogP) is 0.263. The first kappa shape index (κ1) is 8.29. The van der Waals surface area contributed by atoms with Crippen LogP contribution in [0.5, 0.6) is 0 Å². The molecule has 0 aliphatic carbocycles. The number of aromatic amines is 1. The molecule has 0 aromatic carbocycles. The predicted molar refractivity (Wildman–Crippen MR) is 48.9 cm³/mol. The molecule has 13 heavy (non-hydrogen) atoms. The molecular formula is C9H12N2O2. The first-order chi connectivity index (χ1) is 6.27. The van der Waals surface area contributed by atoms with Crippen LogP contribution < -0.4 is 11.2 Å². The lowest BCUT2D eigenvalue weighted by molar-refractivity contribution is 0.602. The van der Waals surface area contributed by atoms with Gasteiger partial charge in [-0.15, -0.1) is 0 Å². The Labute approximate surface area is 75.2 Å². The fraction of sp³-hybridized carbons (Fsp3) is 0.556. The van der Waals surface area contributed by atoms with Crippen LogP contribution in [0.4, 0.5) is 0 Å². The lowest BCUT2D eigenvalue weighted by Gasteiger charge is -2.06. The van der Waals surface area contributed by atoms with Gasteiger partial charge in [-0.3, -0.25) is 14.3 Å². The Morgan fingerprint density at radius 3 is 2.92 bits per heavy atom. The van der Waals surface area contributed by atoms with Crippen molar-refractivity contribution in [1.29, 1.82) is 0 Å². The minimum atomic E-state index is -0.279. The van der Waals surface area contributed by atoms with E-state index in [1.165, 1.54) is 6.07 Å². The molecule has 0 radical (unpaired) electrons. The molecule has 0 saturated heterocycles. The van der Waals surface area contributed by atoms with E-state index in [1.54, 1.807) is 4.57 Å². The second-order valence-electron chi connectivity index (χ2n) is 3.39. The van der Waals surface area contributed by atoms with Gasteiger partial charge in [-0.05, 0) is 19.3 Å². The van der Waals surface area contributed by atoms with E-state index in [4.69, 9.17) is 0 Å². The number of H-pyrrole nitrogens is 1. The van der Waals surface area contributed by atoms with Gasteiger partial charge in [0.25, 0.3) is 5.56 Å². The van der Waals surface area contributed by atoms with Crippen molar-refractivity contribution in [2.75, 3.05) is 0 Å². The lowest BCUT2D eigenvalue weighted by atomic mass is 10.2. The third kappa shape index (κ3) is 1.56. The second-order valence-corrected chi connectivity index (χ2v) is 3.39. The van der Waals surface area contributed by atoms with Crippen molar-refractivity contribution >= 4 is 0 Å². The van der Waals surface area contributed by atoms with Crippen LogP contribution in [0.15, 0.2) is 15.7 Å². The van der Waals surface area contributed by atoms with Crippen LogP contribution >= 0.6 is 0 Å². The van der Waals surface area contributed by atoms with Gasteiger partial charge >= 0.3 is 5.69 Å². The standard InChI is InChI=1S/C9H12N2O2/c12-8-6-7-4-2-1-3-5-11(7)9(13)10-8/h6H,1-5H2,(H,10,12,13). The number of nitrogens with zero attached hydrogens (tertiary/aromatic N) is 1. The van der Waals surface area contributed by atoms with E-state index in [1.807, 2.05) is 0 Å². The van der Waals surface area contributed by atoms with Gasteiger partial charge in [0.05, 0.1) is 0 Å². The summed E-state index contributed by atoms with van der Waals surface area (Å²) >= 11 is 0. The van der Waals surface area contributed by atoms with E-state index in [9.17, 15) is 9.59 Å². The lowest BCUT2D eigenvalue weighted by Crippen LogP contribution is -2.31. The first-order valence-corrected chi connectivity index (χ1v) is 4.60. The SMILES string of the molecule is O=c1cc2n(c(=O)[nH]1)CCCCC2.